The Morgan fingerprint density at radius 1 is 1.06 bits per heavy atom. The number of alkyl halides is 2. The largest absolute Gasteiger partial charge is 0.381 e. The molecule has 4 aliphatic rings. The summed E-state index contributed by atoms with van der Waals surface area (Å²) in [5.41, 5.74) is -1.28. The van der Waals surface area contributed by atoms with E-state index in [2.05, 4.69) is 57.5 Å². The van der Waals surface area contributed by atoms with Crippen LogP contribution in [0.2, 0.25) is 0 Å². The van der Waals surface area contributed by atoms with Crippen LogP contribution in [0.4, 0.5) is 0 Å². The lowest BCUT2D eigenvalue weighted by atomic mass is 9.42. The van der Waals surface area contributed by atoms with Crippen LogP contribution < -0.4 is 0 Å². The minimum Gasteiger partial charge on any atom is -0.381 e. The Balaban J connectivity index is 1.56. The number of hydrogen-bond acceptors (Lipinski definition) is 2. The molecule has 33 heavy (non-hydrogen) atoms. The van der Waals surface area contributed by atoms with Crippen molar-refractivity contribution in [3.05, 3.63) is 0 Å². The van der Waals surface area contributed by atoms with E-state index in [1.54, 1.807) is 0 Å². The van der Waals surface area contributed by atoms with E-state index in [-0.39, 0.29) is 21.4 Å². The number of carbonyl (C=O) groups excluding carboxylic acids is 1. The molecular formula is C29H48BrClO2. The molecule has 0 aromatic carbocycles. The van der Waals surface area contributed by atoms with Crippen molar-refractivity contribution >= 4 is 33.3 Å². The van der Waals surface area contributed by atoms with Gasteiger partial charge >= 0.3 is 0 Å². The van der Waals surface area contributed by atoms with Crippen LogP contribution in [0.25, 0.3) is 0 Å². The van der Waals surface area contributed by atoms with Gasteiger partial charge < -0.3 is 5.11 Å². The van der Waals surface area contributed by atoms with Crippen molar-refractivity contribution in [2.75, 3.05) is 0 Å². The molecule has 4 saturated carbocycles. The normalized spacial score (nSPS) is 49.3. The number of rotatable bonds is 6. The molecule has 0 heterocycles. The molecule has 4 fully saturated rings. The smallest absolute Gasteiger partial charge is 0.178 e. The van der Waals surface area contributed by atoms with E-state index in [1.807, 2.05) is 0 Å². The number of hydrogen-bond donors (Lipinski definition) is 1. The summed E-state index contributed by atoms with van der Waals surface area (Å²) in [7, 11) is 0. The first kappa shape index (κ1) is 26.5. The van der Waals surface area contributed by atoms with Gasteiger partial charge in [0.05, 0.1) is 4.83 Å². The molecule has 4 aliphatic carbocycles. The lowest BCUT2D eigenvalue weighted by molar-refractivity contribution is -0.200. The average Bonchev–Trinajstić information content (AvgIpc) is 3.11. The fourth-order valence-corrected chi connectivity index (χ4v) is 11.1. The maximum Gasteiger partial charge on any atom is 0.178 e. The van der Waals surface area contributed by atoms with Crippen molar-refractivity contribution in [3.63, 3.8) is 0 Å². The van der Waals surface area contributed by atoms with Gasteiger partial charge in [-0.1, -0.05) is 70.3 Å². The van der Waals surface area contributed by atoms with Gasteiger partial charge in [0.25, 0.3) is 0 Å². The number of fused-ring (bicyclic) bond motifs is 5. The molecule has 0 bridgehead atoms. The maximum atomic E-state index is 13.7. The van der Waals surface area contributed by atoms with E-state index in [0.717, 1.165) is 42.9 Å². The molecule has 11 atom stereocenters. The topological polar surface area (TPSA) is 37.3 Å². The second-order valence-corrected chi connectivity index (χ2v) is 15.0. The van der Waals surface area contributed by atoms with Gasteiger partial charge in [0, 0.05) is 17.2 Å². The minimum atomic E-state index is -1.27. The maximum absolute atomic E-state index is 13.7. The summed E-state index contributed by atoms with van der Waals surface area (Å²) in [5, 5.41) is 11.7. The number of carbonyl (C=O) groups is 1. The first-order valence-corrected chi connectivity index (χ1v) is 15.3. The summed E-state index contributed by atoms with van der Waals surface area (Å²) in [6.07, 6.45) is 11.1. The van der Waals surface area contributed by atoms with E-state index in [4.69, 9.17) is 11.6 Å². The fourth-order valence-electron chi connectivity index (χ4n) is 9.60. The predicted molar refractivity (Wildman–Crippen MR) is 142 cm³/mol. The van der Waals surface area contributed by atoms with Crippen molar-refractivity contribution in [2.45, 2.75) is 122 Å². The molecule has 0 aliphatic heterocycles. The lowest BCUT2D eigenvalue weighted by Gasteiger charge is -2.64. The predicted octanol–water partition coefficient (Wildman–Crippen LogP) is 8.02. The van der Waals surface area contributed by atoms with Crippen LogP contribution in [0.15, 0.2) is 0 Å². The third-order valence-electron chi connectivity index (χ3n) is 11.8. The highest BCUT2D eigenvalue weighted by Crippen LogP contribution is 2.69. The van der Waals surface area contributed by atoms with Gasteiger partial charge in [0.1, 0.15) is 5.60 Å². The van der Waals surface area contributed by atoms with E-state index in [9.17, 15) is 9.90 Å². The Labute approximate surface area is 216 Å². The summed E-state index contributed by atoms with van der Waals surface area (Å²) >= 11 is 10.4. The molecule has 2 nitrogen and oxygen atoms in total. The number of Topliss-reactive ketones (excluding diaryl/α,β-unsaturated/α-hetero) is 1. The molecule has 0 spiro atoms. The molecular weight excluding hydrogens is 496 g/mol. The standard InChI is InChI=1S/C29H48BrClO2/c1-7-19(17(2)3)9-8-18(4)21-10-11-22-24-23(13-14-27(21,22)5)28(6)15-12-20(31)16-29(28,33)26(32)25(24)30/h17-25,33H,7-16H2,1-6H3/t18-,19-,20+,21-,22+,23+,24+,25+,27-,28-,29+/m1/s1. The molecule has 190 valence electrons. The molecule has 0 aromatic heterocycles. The second-order valence-electron chi connectivity index (χ2n) is 13.4. The second kappa shape index (κ2) is 9.37. The monoisotopic (exact) mass is 542 g/mol. The quantitative estimate of drug-likeness (QED) is 0.344. The SMILES string of the molecule is CC[C@H](CC[C@@H](C)[C@H]1CC[C@H]2[C@@H]3[C@H](Br)C(=O)[C@@]4(O)C[C@@H](Cl)CC[C@]4(C)[C@H]3CC[C@]12C)C(C)C. The van der Waals surface area contributed by atoms with Crippen LogP contribution in [0.3, 0.4) is 0 Å². The average molecular weight is 544 g/mol. The molecule has 4 heteroatoms. The zero-order valence-electron chi connectivity index (χ0n) is 21.9. The van der Waals surface area contributed by atoms with Crippen LogP contribution in [0, 0.1) is 52.3 Å². The van der Waals surface area contributed by atoms with Crippen molar-refractivity contribution in [2.24, 2.45) is 52.3 Å². The summed E-state index contributed by atoms with van der Waals surface area (Å²) in [4.78, 5) is 13.5. The Kier molecular flexibility index (Phi) is 7.51. The van der Waals surface area contributed by atoms with Crippen LogP contribution in [0.1, 0.15) is 106 Å². The van der Waals surface area contributed by atoms with Gasteiger partial charge in [0.15, 0.2) is 5.78 Å². The summed E-state index contributed by atoms with van der Waals surface area (Å²) in [6.45, 7) is 14.4. The van der Waals surface area contributed by atoms with E-state index in [1.165, 1.54) is 38.5 Å². The first-order chi connectivity index (χ1) is 15.4. The Hall–Kier alpha value is 0.400. The Morgan fingerprint density at radius 2 is 1.76 bits per heavy atom. The van der Waals surface area contributed by atoms with Gasteiger partial charge in [-0.3, -0.25) is 4.79 Å². The number of ketones is 1. The van der Waals surface area contributed by atoms with E-state index < -0.39 is 5.60 Å². The van der Waals surface area contributed by atoms with Crippen LogP contribution in [0.5, 0.6) is 0 Å². The highest BCUT2D eigenvalue weighted by molar-refractivity contribution is 9.10. The number of aliphatic hydroxyl groups is 1. The summed E-state index contributed by atoms with van der Waals surface area (Å²) < 4.78 is 0. The van der Waals surface area contributed by atoms with Gasteiger partial charge in [-0.05, 0) is 91.8 Å². The van der Waals surface area contributed by atoms with Crippen molar-refractivity contribution in [1.82, 2.24) is 0 Å². The highest BCUT2D eigenvalue weighted by atomic mass is 79.9. The summed E-state index contributed by atoms with van der Waals surface area (Å²) in [5.74, 6) is 4.49. The van der Waals surface area contributed by atoms with E-state index >= 15 is 0 Å². The Morgan fingerprint density at radius 3 is 2.39 bits per heavy atom. The van der Waals surface area contributed by atoms with E-state index in [0.29, 0.717) is 29.6 Å². The van der Waals surface area contributed by atoms with Crippen LogP contribution >= 0.6 is 27.5 Å². The van der Waals surface area contributed by atoms with Crippen LogP contribution in [-0.2, 0) is 4.79 Å². The molecule has 0 radical (unpaired) electrons. The molecule has 0 saturated heterocycles. The molecule has 1 N–H and O–H groups in total. The fraction of sp³-hybridized carbons (Fsp3) is 0.966. The molecule has 0 amide bonds. The van der Waals surface area contributed by atoms with Gasteiger partial charge in [-0.25, -0.2) is 0 Å². The number of halogens is 2. The summed E-state index contributed by atoms with van der Waals surface area (Å²) in [6, 6.07) is 0. The molecule has 0 aromatic rings. The molecule has 0 unspecified atom stereocenters. The van der Waals surface area contributed by atoms with Gasteiger partial charge in [0.2, 0.25) is 0 Å². The van der Waals surface area contributed by atoms with Gasteiger partial charge in [-0.15, -0.1) is 11.6 Å². The third-order valence-corrected chi connectivity index (χ3v) is 13.2. The molecule has 4 rings (SSSR count). The zero-order valence-corrected chi connectivity index (χ0v) is 24.2. The van der Waals surface area contributed by atoms with Crippen molar-refractivity contribution in [1.29, 1.82) is 0 Å². The zero-order chi connectivity index (χ0) is 24.3. The van der Waals surface area contributed by atoms with Crippen molar-refractivity contribution < 1.29 is 9.90 Å². The van der Waals surface area contributed by atoms with Crippen molar-refractivity contribution in [3.8, 4) is 0 Å². The van der Waals surface area contributed by atoms with Crippen LogP contribution in [-0.4, -0.2) is 26.7 Å². The van der Waals surface area contributed by atoms with Gasteiger partial charge in [-0.2, -0.15) is 0 Å². The minimum absolute atomic E-state index is 0.0278. The third kappa shape index (κ3) is 4.01. The lowest BCUT2D eigenvalue weighted by Crippen LogP contribution is -2.70. The first-order valence-electron chi connectivity index (χ1n) is 14.0. The highest BCUT2D eigenvalue weighted by Gasteiger charge is 2.70. The Bertz CT molecular complexity index is 741.